The molecule has 1 fully saturated rings. The van der Waals surface area contributed by atoms with Crippen LogP contribution in [0.4, 0.5) is 0 Å². The van der Waals surface area contributed by atoms with Crippen molar-refractivity contribution in [2.24, 2.45) is 0 Å². The Hall–Kier alpha value is -0.120. The lowest BCUT2D eigenvalue weighted by Gasteiger charge is -2.30. The highest BCUT2D eigenvalue weighted by molar-refractivity contribution is 4.71. The molecule has 1 saturated heterocycles. The molecule has 0 aromatic heterocycles. The molecule has 0 aromatic carbocycles. The maximum atomic E-state index is 5.30. The number of nitrogens with one attached hydrogen (secondary N) is 1. The Balaban J connectivity index is 2.14. The summed E-state index contributed by atoms with van der Waals surface area (Å²) < 4.78 is 5.30. The lowest BCUT2D eigenvalue weighted by molar-refractivity contribution is 0.0340. The summed E-state index contributed by atoms with van der Waals surface area (Å²) in [5, 5.41) is 3.51. The summed E-state index contributed by atoms with van der Waals surface area (Å²) in [6.07, 6.45) is 0. The maximum absolute atomic E-state index is 5.30. The lowest BCUT2D eigenvalue weighted by Crippen LogP contribution is -2.46. The summed E-state index contributed by atoms with van der Waals surface area (Å²) in [5.74, 6) is 0. The van der Waals surface area contributed by atoms with E-state index in [1.807, 2.05) is 0 Å². The van der Waals surface area contributed by atoms with Gasteiger partial charge in [-0.05, 0) is 6.92 Å². The second kappa shape index (κ2) is 5.58. The molecule has 0 spiro atoms. The highest BCUT2D eigenvalue weighted by atomic mass is 16.5. The van der Waals surface area contributed by atoms with Crippen LogP contribution in [0.3, 0.4) is 0 Å². The first-order valence-corrected chi connectivity index (χ1v) is 5.24. The van der Waals surface area contributed by atoms with Gasteiger partial charge in [-0.25, -0.2) is 0 Å². The van der Waals surface area contributed by atoms with Crippen LogP contribution in [0.5, 0.6) is 0 Å². The predicted octanol–water partition coefficient (Wildman–Crippen LogP) is 0.705. The van der Waals surface area contributed by atoms with Crippen molar-refractivity contribution < 1.29 is 4.74 Å². The summed E-state index contributed by atoms with van der Waals surface area (Å²) in [5.41, 5.74) is 0. The van der Waals surface area contributed by atoms with Crippen LogP contribution in [-0.2, 0) is 4.74 Å². The minimum absolute atomic E-state index is 0.580. The van der Waals surface area contributed by atoms with E-state index < -0.39 is 0 Å². The van der Waals surface area contributed by atoms with Crippen LogP contribution in [0.25, 0.3) is 0 Å². The molecule has 0 aliphatic carbocycles. The van der Waals surface area contributed by atoms with Gasteiger partial charge in [0.2, 0.25) is 0 Å². The Labute approximate surface area is 81.4 Å². The average molecular weight is 186 g/mol. The fraction of sp³-hybridized carbons (Fsp3) is 1.00. The molecule has 3 nitrogen and oxygen atoms in total. The van der Waals surface area contributed by atoms with Crippen molar-refractivity contribution in [2.45, 2.75) is 32.9 Å². The van der Waals surface area contributed by atoms with Gasteiger partial charge in [-0.2, -0.15) is 0 Å². The first-order valence-electron chi connectivity index (χ1n) is 5.24. The van der Waals surface area contributed by atoms with E-state index in [1.54, 1.807) is 0 Å². The largest absolute Gasteiger partial charge is 0.379 e. The van der Waals surface area contributed by atoms with Crippen LogP contribution in [0.2, 0.25) is 0 Å². The van der Waals surface area contributed by atoms with Gasteiger partial charge in [0.1, 0.15) is 0 Å². The van der Waals surface area contributed by atoms with Crippen LogP contribution < -0.4 is 5.32 Å². The zero-order valence-electron chi connectivity index (χ0n) is 9.05. The van der Waals surface area contributed by atoms with Crippen LogP contribution in [-0.4, -0.2) is 49.8 Å². The van der Waals surface area contributed by atoms with Crippen molar-refractivity contribution in [1.29, 1.82) is 0 Å². The Morgan fingerprint density at radius 2 is 1.85 bits per heavy atom. The number of ether oxygens (including phenoxy) is 1. The molecule has 1 atom stereocenters. The maximum Gasteiger partial charge on any atom is 0.0594 e. The fourth-order valence-electron chi connectivity index (χ4n) is 1.79. The smallest absolute Gasteiger partial charge is 0.0594 e. The molecular weight excluding hydrogens is 164 g/mol. The molecule has 1 aliphatic heterocycles. The minimum atomic E-state index is 0.580. The van der Waals surface area contributed by atoms with Crippen LogP contribution >= 0.6 is 0 Å². The van der Waals surface area contributed by atoms with Crippen molar-refractivity contribution in [3.63, 3.8) is 0 Å². The second-order valence-electron chi connectivity index (χ2n) is 4.14. The fourth-order valence-corrected chi connectivity index (χ4v) is 1.79. The van der Waals surface area contributed by atoms with Crippen molar-refractivity contribution in [2.75, 3.05) is 32.8 Å². The summed E-state index contributed by atoms with van der Waals surface area (Å²) in [6, 6.07) is 1.16. The molecule has 3 heteroatoms. The number of rotatable bonds is 4. The molecule has 1 rings (SSSR count). The van der Waals surface area contributed by atoms with Gasteiger partial charge in [0.15, 0.2) is 0 Å². The normalized spacial score (nSPS) is 22.2. The summed E-state index contributed by atoms with van der Waals surface area (Å²) in [6.45, 7) is 11.7. The number of hydrogen-bond acceptors (Lipinski definition) is 3. The molecule has 1 aliphatic rings. The van der Waals surface area contributed by atoms with E-state index in [1.165, 1.54) is 0 Å². The molecule has 1 N–H and O–H groups in total. The molecule has 0 aromatic rings. The standard InChI is InChI=1S/C10H22N2O/c1-9(2)11-10(3)8-12-4-6-13-7-5-12/h9-11H,4-8H2,1-3H3/t10-/m0/s1. The number of hydrogen-bond donors (Lipinski definition) is 1. The molecule has 1 heterocycles. The van der Waals surface area contributed by atoms with Gasteiger partial charge in [-0.3, -0.25) is 4.90 Å². The van der Waals surface area contributed by atoms with Gasteiger partial charge in [-0.15, -0.1) is 0 Å². The molecule has 78 valence electrons. The first kappa shape index (κ1) is 11.0. The van der Waals surface area contributed by atoms with E-state index in [-0.39, 0.29) is 0 Å². The zero-order valence-corrected chi connectivity index (χ0v) is 9.05. The highest BCUT2D eigenvalue weighted by Crippen LogP contribution is 1.98. The van der Waals surface area contributed by atoms with E-state index >= 15 is 0 Å². The summed E-state index contributed by atoms with van der Waals surface area (Å²) in [4.78, 5) is 2.46. The Morgan fingerprint density at radius 3 is 2.38 bits per heavy atom. The Bertz CT molecular complexity index is 133. The Kier molecular flexibility index (Phi) is 4.70. The summed E-state index contributed by atoms with van der Waals surface area (Å²) in [7, 11) is 0. The zero-order chi connectivity index (χ0) is 9.68. The Morgan fingerprint density at radius 1 is 1.23 bits per heavy atom. The van der Waals surface area contributed by atoms with Crippen LogP contribution in [0.1, 0.15) is 20.8 Å². The van der Waals surface area contributed by atoms with Gasteiger partial charge in [0.25, 0.3) is 0 Å². The van der Waals surface area contributed by atoms with Gasteiger partial charge in [0, 0.05) is 31.7 Å². The van der Waals surface area contributed by atoms with Gasteiger partial charge >= 0.3 is 0 Å². The van der Waals surface area contributed by atoms with E-state index in [2.05, 4.69) is 31.0 Å². The molecule has 0 bridgehead atoms. The first-order chi connectivity index (χ1) is 6.18. The third-order valence-corrected chi connectivity index (χ3v) is 2.25. The third kappa shape index (κ3) is 4.60. The molecule has 0 radical (unpaired) electrons. The third-order valence-electron chi connectivity index (χ3n) is 2.25. The van der Waals surface area contributed by atoms with Crippen molar-refractivity contribution in [3.05, 3.63) is 0 Å². The van der Waals surface area contributed by atoms with E-state index in [4.69, 9.17) is 4.74 Å². The second-order valence-corrected chi connectivity index (χ2v) is 4.14. The van der Waals surface area contributed by atoms with Gasteiger partial charge in [0.05, 0.1) is 13.2 Å². The summed E-state index contributed by atoms with van der Waals surface area (Å²) >= 11 is 0. The van der Waals surface area contributed by atoms with Crippen LogP contribution in [0.15, 0.2) is 0 Å². The average Bonchev–Trinajstić information content (AvgIpc) is 2.04. The number of nitrogens with zero attached hydrogens (tertiary/aromatic N) is 1. The van der Waals surface area contributed by atoms with Crippen molar-refractivity contribution >= 4 is 0 Å². The topological polar surface area (TPSA) is 24.5 Å². The quantitative estimate of drug-likeness (QED) is 0.699. The van der Waals surface area contributed by atoms with E-state index in [0.29, 0.717) is 12.1 Å². The minimum Gasteiger partial charge on any atom is -0.379 e. The van der Waals surface area contributed by atoms with Crippen molar-refractivity contribution in [3.8, 4) is 0 Å². The van der Waals surface area contributed by atoms with Crippen molar-refractivity contribution in [1.82, 2.24) is 10.2 Å². The monoisotopic (exact) mass is 186 g/mol. The number of morpholine rings is 1. The van der Waals surface area contributed by atoms with Gasteiger partial charge in [-0.1, -0.05) is 13.8 Å². The highest BCUT2D eigenvalue weighted by Gasteiger charge is 2.13. The van der Waals surface area contributed by atoms with E-state index in [0.717, 1.165) is 32.8 Å². The molecule has 0 amide bonds. The molecule has 0 saturated carbocycles. The van der Waals surface area contributed by atoms with Crippen LogP contribution in [0, 0.1) is 0 Å². The SMILES string of the molecule is CC(C)N[C@@H](C)CN1CCOCC1. The lowest BCUT2D eigenvalue weighted by atomic mass is 10.2. The molecular formula is C10H22N2O. The molecule has 0 unspecified atom stereocenters. The molecule has 13 heavy (non-hydrogen) atoms. The van der Waals surface area contributed by atoms with E-state index in [9.17, 15) is 0 Å². The predicted molar refractivity (Wildman–Crippen MR) is 55.0 cm³/mol. The van der Waals surface area contributed by atoms with Gasteiger partial charge < -0.3 is 10.1 Å².